The average Bonchev–Trinajstić information content (AvgIpc) is 2.49. The predicted molar refractivity (Wildman–Crippen MR) is 79.6 cm³/mol. The van der Waals surface area contributed by atoms with Gasteiger partial charge < -0.3 is 0 Å². The Morgan fingerprint density at radius 1 is 1.32 bits per heavy atom. The lowest BCUT2D eigenvalue weighted by molar-refractivity contribution is -0.384. The van der Waals surface area contributed by atoms with E-state index < -0.39 is 16.6 Å². The minimum absolute atomic E-state index is 0.0940. The van der Waals surface area contributed by atoms with E-state index in [9.17, 15) is 19.3 Å². The SMILES string of the molecule is O=C(N/N=C/c1ccc(F)cc1Cl)c1cccc([N+](=O)[O-])c1. The van der Waals surface area contributed by atoms with Crippen molar-refractivity contribution in [3.63, 3.8) is 0 Å². The molecular formula is C14H9ClFN3O3. The maximum atomic E-state index is 12.9. The van der Waals surface area contributed by atoms with Gasteiger partial charge in [-0.05, 0) is 24.3 Å². The third kappa shape index (κ3) is 3.86. The summed E-state index contributed by atoms with van der Waals surface area (Å²) in [6.45, 7) is 0. The Kier molecular flexibility index (Phi) is 4.80. The minimum Gasteiger partial charge on any atom is -0.267 e. The fourth-order valence-electron chi connectivity index (χ4n) is 1.59. The average molecular weight is 322 g/mol. The fraction of sp³-hybridized carbons (Fsp3) is 0. The van der Waals surface area contributed by atoms with Crippen LogP contribution in [0, 0.1) is 15.9 Å². The zero-order chi connectivity index (χ0) is 16.1. The van der Waals surface area contributed by atoms with Crippen molar-refractivity contribution in [1.82, 2.24) is 5.43 Å². The number of nitro groups is 1. The lowest BCUT2D eigenvalue weighted by atomic mass is 10.2. The van der Waals surface area contributed by atoms with Crippen LogP contribution >= 0.6 is 11.6 Å². The Morgan fingerprint density at radius 2 is 2.09 bits per heavy atom. The second-order valence-electron chi connectivity index (χ2n) is 4.17. The van der Waals surface area contributed by atoms with Gasteiger partial charge in [-0.25, -0.2) is 9.82 Å². The molecule has 1 amide bonds. The number of non-ortho nitro benzene ring substituents is 1. The summed E-state index contributed by atoms with van der Waals surface area (Å²) in [6, 6.07) is 8.95. The maximum Gasteiger partial charge on any atom is 0.271 e. The molecule has 0 aliphatic heterocycles. The number of hydrogen-bond acceptors (Lipinski definition) is 4. The number of nitro benzene ring substituents is 1. The van der Waals surface area contributed by atoms with E-state index >= 15 is 0 Å². The molecule has 22 heavy (non-hydrogen) atoms. The van der Waals surface area contributed by atoms with Crippen molar-refractivity contribution in [3.8, 4) is 0 Å². The Labute approximate surface area is 129 Å². The van der Waals surface area contributed by atoms with E-state index in [1.54, 1.807) is 0 Å². The summed E-state index contributed by atoms with van der Waals surface area (Å²) in [5.74, 6) is -1.10. The summed E-state index contributed by atoms with van der Waals surface area (Å²) in [4.78, 5) is 21.8. The van der Waals surface area contributed by atoms with Crippen molar-refractivity contribution in [1.29, 1.82) is 0 Å². The molecule has 2 aromatic rings. The largest absolute Gasteiger partial charge is 0.271 e. The molecule has 6 nitrogen and oxygen atoms in total. The molecule has 0 radical (unpaired) electrons. The summed E-state index contributed by atoms with van der Waals surface area (Å²) in [5, 5.41) is 14.5. The van der Waals surface area contributed by atoms with Crippen LogP contribution in [0.2, 0.25) is 5.02 Å². The highest BCUT2D eigenvalue weighted by molar-refractivity contribution is 6.33. The number of benzene rings is 2. The molecule has 0 spiro atoms. The highest BCUT2D eigenvalue weighted by Crippen LogP contribution is 2.15. The van der Waals surface area contributed by atoms with Crippen molar-refractivity contribution in [3.05, 3.63) is 74.5 Å². The van der Waals surface area contributed by atoms with E-state index in [0.717, 1.165) is 12.1 Å². The highest BCUT2D eigenvalue weighted by Gasteiger charge is 2.10. The first-order chi connectivity index (χ1) is 10.5. The van der Waals surface area contributed by atoms with Crippen LogP contribution in [-0.2, 0) is 0 Å². The molecule has 2 aromatic carbocycles. The van der Waals surface area contributed by atoms with Gasteiger partial charge in [-0.1, -0.05) is 17.7 Å². The zero-order valence-electron chi connectivity index (χ0n) is 11.0. The van der Waals surface area contributed by atoms with E-state index in [1.807, 2.05) is 0 Å². The van der Waals surface area contributed by atoms with E-state index in [4.69, 9.17) is 11.6 Å². The molecule has 0 aromatic heterocycles. The molecule has 0 saturated carbocycles. The molecule has 8 heteroatoms. The molecule has 1 N–H and O–H groups in total. The van der Waals surface area contributed by atoms with E-state index in [2.05, 4.69) is 10.5 Å². The number of nitrogens with zero attached hydrogens (tertiary/aromatic N) is 2. The van der Waals surface area contributed by atoms with Gasteiger partial charge in [0.25, 0.3) is 11.6 Å². The molecular weight excluding hydrogens is 313 g/mol. The quantitative estimate of drug-likeness (QED) is 0.533. The van der Waals surface area contributed by atoms with Crippen molar-refractivity contribution in [2.24, 2.45) is 5.10 Å². The first kappa shape index (κ1) is 15.6. The van der Waals surface area contributed by atoms with Crippen LogP contribution in [0.15, 0.2) is 47.6 Å². The van der Waals surface area contributed by atoms with Crippen molar-refractivity contribution >= 4 is 29.4 Å². The topological polar surface area (TPSA) is 84.6 Å². The van der Waals surface area contributed by atoms with Gasteiger partial charge in [-0.2, -0.15) is 5.10 Å². The van der Waals surface area contributed by atoms with Gasteiger partial charge >= 0.3 is 0 Å². The van der Waals surface area contributed by atoms with Crippen LogP contribution in [0.25, 0.3) is 0 Å². The van der Waals surface area contributed by atoms with E-state index in [-0.39, 0.29) is 16.3 Å². The van der Waals surface area contributed by atoms with Crippen molar-refractivity contribution < 1.29 is 14.1 Å². The lowest BCUT2D eigenvalue weighted by Gasteiger charge is -2.00. The standard InChI is InChI=1S/C14H9ClFN3O3/c15-13-7-11(16)5-4-10(13)8-17-18-14(20)9-2-1-3-12(6-9)19(21)22/h1-8H,(H,18,20)/b17-8+. The van der Waals surface area contributed by atoms with Gasteiger partial charge in [0, 0.05) is 23.3 Å². The summed E-state index contributed by atoms with van der Waals surface area (Å²) < 4.78 is 12.9. The van der Waals surface area contributed by atoms with Crippen LogP contribution in [-0.4, -0.2) is 17.0 Å². The minimum atomic E-state index is -0.613. The van der Waals surface area contributed by atoms with Gasteiger partial charge in [0.15, 0.2) is 0 Å². The highest BCUT2D eigenvalue weighted by atomic mass is 35.5. The number of halogens is 2. The lowest BCUT2D eigenvalue weighted by Crippen LogP contribution is -2.17. The monoisotopic (exact) mass is 321 g/mol. The molecule has 0 bridgehead atoms. The Bertz CT molecular complexity index is 765. The van der Waals surface area contributed by atoms with Gasteiger partial charge in [-0.15, -0.1) is 0 Å². The number of amides is 1. The van der Waals surface area contributed by atoms with Gasteiger partial charge in [-0.3, -0.25) is 14.9 Å². The predicted octanol–water partition coefficient (Wildman–Crippen LogP) is 3.15. The van der Waals surface area contributed by atoms with Crippen LogP contribution in [0.3, 0.4) is 0 Å². The van der Waals surface area contributed by atoms with Crippen LogP contribution in [0.4, 0.5) is 10.1 Å². The summed E-state index contributed by atoms with van der Waals surface area (Å²) in [6.07, 6.45) is 1.25. The van der Waals surface area contributed by atoms with Gasteiger partial charge in [0.1, 0.15) is 5.82 Å². The molecule has 0 unspecified atom stereocenters. The molecule has 2 rings (SSSR count). The molecule has 112 valence electrons. The van der Waals surface area contributed by atoms with E-state index in [0.29, 0.717) is 5.56 Å². The number of rotatable bonds is 4. The Balaban J connectivity index is 2.08. The molecule has 0 heterocycles. The molecule has 0 fully saturated rings. The number of hydrogen-bond donors (Lipinski definition) is 1. The zero-order valence-corrected chi connectivity index (χ0v) is 11.7. The molecule has 0 atom stereocenters. The smallest absolute Gasteiger partial charge is 0.267 e. The first-order valence-electron chi connectivity index (χ1n) is 6.00. The van der Waals surface area contributed by atoms with E-state index in [1.165, 1.54) is 36.5 Å². The van der Waals surface area contributed by atoms with Crippen LogP contribution in [0.5, 0.6) is 0 Å². The van der Waals surface area contributed by atoms with Crippen molar-refractivity contribution in [2.45, 2.75) is 0 Å². The number of hydrazone groups is 1. The Morgan fingerprint density at radius 3 is 2.77 bits per heavy atom. The first-order valence-corrected chi connectivity index (χ1v) is 6.38. The number of nitrogens with one attached hydrogen (secondary N) is 1. The summed E-state index contributed by atoms with van der Waals surface area (Å²) in [7, 11) is 0. The fourth-order valence-corrected chi connectivity index (χ4v) is 1.81. The maximum absolute atomic E-state index is 12.9. The van der Waals surface area contributed by atoms with Crippen LogP contribution in [0.1, 0.15) is 15.9 Å². The second-order valence-corrected chi connectivity index (χ2v) is 4.58. The number of carbonyl (C=O) groups is 1. The third-order valence-corrected chi connectivity index (χ3v) is 2.98. The third-order valence-electron chi connectivity index (χ3n) is 2.65. The number of carbonyl (C=O) groups excluding carboxylic acids is 1. The van der Waals surface area contributed by atoms with Crippen molar-refractivity contribution in [2.75, 3.05) is 0 Å². The molecule has 0 saturated heterocycles. The van der Waals surface area contributed by atoms with Gasteiger partial charge in [0.2, 0.25) is 0 Å². The molecule has 0 aliphatic rings. The summed E-state index contributed by atoms with van der Waals surface area (Å²) in [5.41, 5.74) is 2.53. The second kappa shape index (κ2) is 6.77. The van der Waals surface area contributed by atoms with Gasteiger partial charge in [0.05, 0.1) is 16.2 Å². The van der Waals surface area contributed by atoms with Crippen LogP contribution < -0.4 is 5.43 Å². The summed E-state index contributed by atoms with van der Waals surface area (Å²) >= 11 is 5.80. The Hall–Kier alpha value is -2.80. The molecule has 0 aliphatic carbocycles. The normalized spacial score (nSPS) is 10.6.